The first-order chi connectivity index (χ1) is 14.6. The number of methoxy groups -OCH3 is 1. The van der Waals surface area contributed by atoms with E-state index in [2.05, 4.69) is 6.92 Å². The van der Waals surface area contributed by atoms with E-state index in [9.17, 15) is 9.90 Å². The van der Waals surface area contributed by atoms with Crippen molar-refractivity contribution >= 4 is 5.78 Å². The number of Topliss-reactive ketones (excluding diaryl/α,β-unsaturated/α-hetero) is 1. The Labute approximate surface area is 177 Å². The molecule has 3 rings (SSSR count). The Morgan fingerprint density at radius 3 is 2.80 bits per heavy atom. The van der Waals surface area contributed by atoms with Gasteiger partial charge in [-0.15, -0.1) is 0 Å². The first kappa shape index (κ1) is 22.1. The third kappa shape index (κ3) is 6.21. The average molecular weight is 414 g/mol. The van der Waals surface area contributed by atoms with Crippen LogP contribution in [-0.4, -0.2) is 37.2 Å². The summed E-state index contributed by atoms with van der Waals surface area (Å²) in [5, 5.41) is 10.2. The Hall–Kier alpha value is -2.57. The minimum atomic E-state index is -0.319. The van der Waals surface area contributed by atoms with E-state index in [1.807, 2.05) is 24.3 Å². The van der Waals surface area contributed by atoms with Gasteiger partial charge in [0.25, 0.3) is 0 Å². The molecule has 1 aliphatic heterocycles. The minimum absolute atomic E-state index is 0.0632. The Morgan fingerprint density at radius 2 is 2.07 bits per heavy atom. The van der Waals surface area contributed by atoms with Gasteiger partial charge in [0.2, 0.25) is 0 Å². The highest BCUT2D eigenvalue weighted by Gasteiger charge is 2.18. The van der Waals surface area contributed by atoms with Crippen LogP contribution in [0.5, 0.6) is 17.2 Å². The average Bonchev–Trinajstić information content (AvgIpc) is 2.75. The fraction of sp³-hybridized carbons (Fsp3) is 0.458. The zero-order chi connectivity index (χ0) is 21.3. The number of benzene rings is 2. The van der Waals surface area contributed by atoms with Crippen molar-refractivity contribution in [2.45, 2.75) is 58.0 Å². The van der Waals surface area contributed by atoms with Crippen molar-refractivity contribution in [3.63, 3.8) is 0 Å². The Bertz CT molecular complexity index is 828. The molecule has 0 radical (unpaired) electrons. The first-order valence-electron chi connectivity index (χ1n) is 10.5. The summed E-state index contributed by atoms with van der Waals surface area (Å²) in [6, 6.07) is 12.1. The number of ketones is 1. The maximum absolute atomic E-state index is 12.9. The van der Waals surface area contributed by atoms with Gasteiger partial charge in [0.05, 0.1) is 12.2 Å². The summed E-state index contributed by atoms with van der Waals surface area (Å²) in [5.74, 6) is 0.905. The SMILES string of the molecule is CCCC(OC)Oc1cccc(CC(=O)c2cc(OC3CCCCO3)ccc2O)c1. The number of hydrogen-bond acceptors (Lipinski definition) is 6. The van der Waals surface area contributed by atoms with Gasteiger partial charge in [-0.1, -0.05) is 25.5 Å². The maximum Gasteiger partial charge on any atom is 0.199 e. The number of carbonyl (C=O) groups excluding carboxylic acids is 1. The highest BCUT2D eigenvalue weighted by atomic mass is 16.7. The van der Waals surface area contributed by atoms with Crippen LogP contribution in [0.1, 0.15) is 54.9 Å². The summed E-state index contributed by atoms with van der Waals surface area (Å²) in [7, 11) is 1.61. The van der Waals surface area contributed by atoms with Crippen molar-refractivity contribution in [3.8, 4) is 17.2 Å². The van der Waals surface area contributed by atoms with Gasteiger partial charge >= 0.3 is 0 Å². The number of hydrogen-bond donors (Lipinski definition) is 1. The largest absolute Gasteiger partial charge is 0.507 e. The van der Waals surface area contributed by atoms with Gasteiger partial charge in [-0.25, -0.2) is 0 Å². The van der Waals surface area contributed by atoms with Crippen LogP contribution in [0.4, 0.5) is 0 Å². The van der Waals surface area contributed by atoms with E-state index < -0.39 is 0 Å². The molecule has 0 aromatic heterocycles. The lowest BCUT2D eigenvalue weighted by atomic mass is 10.0. The van der Waals surface area contributed by atoms with Crippen molar-refractivity contribution in [2.24, 2.45) is 0 Å². The van der Waals surface area contributed by atoms with Crippen LogP contribution in [-0.2, 0) is 15.9 Å². The maximum atomic E-state index is 12.9. The first-order valence-corrected chi connectivity index (χ1v) is 10.5. The van der Waals surface area contributed by atoms with Crippen molar-refractivity contribution in [1.82, 2.24) is 0 Å². The number of carbonyl (C=O) groups is 1. The normalized spacial score (nSPS) is 17.3. The highest BCUT2D eigenvalue weighted by molar-refractivity contribution is 6.00. The summed E-state index contributed by atoms with van der Waals surface area (Å²) in [4.78, 5) is 12.9. The van der Waals surface area contributed by atoms with E-state index in [4.69, 9.17) is 18.9 Å². The second-order valence-corrected chi connectivity index (χ2v) is 7.41. The second kappa shape index (κ2) is 11.0. The molecule has 0 spiro atoms. The zero-order valence-electron chi connectivity index (χ0n) is 17.6. The topological polar surface area (TPSA) is 74.2 Å². The van der Waals surface area contributed by atoms with Gasteiger partial charge in [-0.05, 0) is 48.7 Å². The standard InChI is InChI=1S/C24H30O6/c1-3-7-23(27-2)29-18-9-6-8-17(14-18)15-22(26)20-16-19(11-12-21(20)25)30-24-10-4-5-13-28-24/h6,8-9,11-12,14,16,23-25H,3-5,7,10,13,15H2,1-2H3. The molecule has 2 atom stereocenters. The van der Waals surface area contributed by atoms with Crippen LogP contribution in [0.15, 0.2) is 42.5 Å². The van der Waals surface area contributed by atoms with E-state index in [0.29, 0.717) is 18.1 Å². The lowest BCUT2D eigenvalue weighted by molar-refractivity contribution is -0.105. The lowest BCUT2D eigenvalue weighted by Crippen LogP contribution is -2.25. The fourth-order valence-corrected chi connectivity index (χ4v) is 3.39. The number of ether oxygens (including phenoxy) is 4. The van der Waals surface area contributed by atoms with Crippen LogP contribution in [0.3, 0.4) is 0 Å². The van der Waals surface area contributed by atoms with Gasteiger partial charge in [0.1, 0.15) is 17.2 Å². The molecule has 6 nitrogen and oxygen atoms in total. The van der Waals surface area contributed by atoms with Crippen molar-refractivity contribution < 1.29 is 28.8 Å². The Kier molecular flexibility index (Phi) is 8.11. The molecule has 30 heavy (non-hydrogen) atoms. The van der Waals surface area contributed by atoms with Crippen LogP contribution in [0.2, 0.25) is 0 Å². The smallest absolute Gasteiger partial charge is 0.199 e. The number of phenolic OH excluding ortho intramolecular Hbond substituents is 1. The van der Waals surface area contributed by atoms with Crippen molar-refractivity contribution in [2.75, 3.05) is 13.7 Å². The van der Waals surface area contributed by atoms with Crippen LogP contribution in [0, 0.1) is 0 Å². The molecule has 1 N–H and O–H groups in total. The van der Waals surface area contributed by atoms with Crippen LogP contribution >= 0.6 is 0 Å². The number of rotatable bonds is 10. The third-order valence-electron chi connectivity index (χ3n) is 4.99. The molecule has 0 aliphatic carbocycles. The summed E-state index contributed by atoms with van der Waals surface area (Å²) in [5.41, 5.74) is 1.03. The van der Waals surface area contributed by atoms with Gasteiger partial charge in [0, 0.05) is 26.4 Å². The Morgan fingerprint density at radius 1 is 1.20 bits per heavy atom. The van der Waals surface area contributed by atoms with Crippen molar-refractivity contribution in [1.29, 1.82) is 0 Å². The molecule has 0 saturated carbocycles. The number of aromatic hydroxyl groups is 1. The molecule has 0 amide bonds. The quantitative estimate of drug-likeness (QED) is 0.441. The molecule has 2 aromatic rings. The fourth-order valence-electron chi connectivity index (χ4n) is 3.39. The van der Waals surface area contributed by atoms with Gasteiger partial charge in [-0.3, -0.25) is 4.79 Å². The van der Waals surface area contributed by atoms with Crippen LogP contribution in [0.25, 0.3) is 0 Å². The van der Waals surface area contributed by atoms with Gasteiger partial charge < -0.3 is 24.1 Å². The molecular formula is C24H30O6. The highest BCUT2D eigenvalue weighted by Crippen LogP contribution is 2.27. The van der Waals surface area contributed by atoms with E-state index in [0.717, 1.165) is 37.7 Å². The van der Waals surface area contributed by atoms with Crippen LogP contribution < -0.4 is 9.47 Å². The molecule has 6 heteroatoms. The van der Waals surface area contributed by atoms with Gasteiger partial charge in [0.15, 0.2) is 18.4 Å². The summed E-state index contributed by atoms with van der Waals surface area (Å²) in [6.07, 6.45) is 4.14. The molecule has 1 saturated heterocycles. The molecule has 162 valence electrons. The van der Waals surface area contributed by atoms with E-state index in [1.165, 1.54) is 6.07 Å². The predicted octanol–water partition coefficient (Wildman–Crippen LogP) is 4.87. The Balaban J connectivity index is 1.68. The van der Waals surface area contributed by atoms with E-state index >= 15 is 0 Å². The monoisotopic (exact) mass is 414 g/mol. The summed E-state index contributed by atoms with van der Waals surface area (Å²) >= 11 is 0. The molecule has 2 unspecified atom stereocenters. The summed E-state index contributed by atoms with van der Waals surface area (Å²) in [6.45, 7) is 2.74. The second-order valence-electron chi connectivity index (χ2n) is 7.41. The predicted molar refractivity (Wildman–Crippen MR) is 113 cm³/mol. The van der Waals surface area contributed by atoms with E-state index in [1.54, 1.807) is 19.2 Å². The third-order valence-corrected chi connectivity index (χ3v) is 4.99. The molecule has 1 fully saturated rings. The molecular weight excluding hydrogens is 384 g/mol. The zero-order valence-corrected chi connectivity index (χ0v) is 17.6. The van der Waals surface area contributed by atoms with Gasteiger partial charge in [-0.2, -0.15) is 0 Å². The minimum Gasteiger partial charge on any atom is -0.507 e. The lowest BCUT2D eigenvalue weighted by Gasteiger charge is -2.23. The van der Waals surface area contributed by atoms with Crippen molar-refractivity contribution in [3.05, 3.63) is 53.6 Å². The number of phenols is 1. The van der Waals surface area contributed by atoms with E-state index in [-0.39, 0.29) is 36.1 Å². The summed E-state index contributed by atoms with van der Waals surface area (Å²) < 4.78 is 22.6. The molecule has 2 aromatic carbocycles. The molecule has 1 aliphatic rings. The molecule has 0 bridgehead atoms. The molecule has 1 heterocycles.